The maximum absolute atomic E-state index is 13.6. The molecule has 4 heterocycles. The van der Waals surface area contributed by atoms with E-state index in [4.69, 9.17) is 11.6 Å². The van der Waals surface area contributed by atoms with Crippen LogP contribution in [-0.2, 0) is 33.4 Å². The van der Waals surface area contributed by atoms with Crippen molar-refractivity contribution in [1.82, 2.24) is 39.1 Å². The third-order valence-electron chi connectivity index (χ3n) is 9.53. The van der Waals surface area contributed by atoms with Crippen LogP contribution in [0.1, 0.15) is 62.4 Å². The minimum absolute atomic E-state index is 0.0634. The summed E-state index contributed by atoms with van der Waals surface area (Å²) in [5, 5.41) is 14.5. The van der Waals surface area contributed by atoms with Crippen LogP contribution in [0.2, 0.25) is 5.02 Å². The number of aryl methyl sites for hydroxylation is 2. The molecule has 0 spiro atoms. The van der Waals surface area contributed by atoms with E-state index in [1.807, 2.05) is 6.07 Å². The van der Waals surface area contributed by atoms with Crippen molar-refractivity contribution in [3.8, 4) is 0 Å². The number of imidazole rings is 1. The Labute approximate surface area is 327 Å². The Kier molecular flexibility index (Phi) is 10.8. The molecular formula is C38H35ClF3N11O4. The van der Waals surface area contributed by atoms with Gasteiger partial charge in [-0.25, -0.2) is 19.9 Å². The molecule has 294 valence electrons. The minimum atomic E-state index is -4.67. The van der Waals surface area contributed by atoms with Gasteiger partial charge in [-0.15, -0.1) is 5.10 Å². The Morgan fingerprint density at radius 1 is 0.965 bits per heavy atom. The predicted octanol–water partition coefficient (Wildman–Crippen LogP) is 4.80. The first-order valence-electron chi connectivity index (χ1n) is 17.8. The molecule has 19 heteroatoms. The van der Waals surface area contributed by atoms with Crippen molar-refractivity contribution in [2.45, 2.75) is 38.5 Å². The number of nitrogens with zero attached hydrogens (tertiary/aromatic N) is 9. The number of alkyl halides is 3. The summed E-state index contributed by atoms with van der Waals surface area (Å²) in [6, 6.07) is 15.1. The normalized spacial score (nSPS) is 13.4. The number of hydrogen-bond donors (Lipinski definition) is 2. The second kappa shape index (κ2) is 15.9. The van der Waals surface area contributed by atoms with Gasteiger partial charge in [-0.05, 0) is 72.9 Å². The Hall–Kier alpha value is -6.56. The van der Waals surface area contributed by atoms with Gasteiger partial charge in [0.25, 0.3) is 17.4 Å². The molecule has 2 N–H and O–H groups in total. The number of carbonyl (C=O) groups excluding carboxylic acids is 2. The van der Waals surface area contributed by atoms with Crippen LogP contribution in [0, 0.1) is 0 Å². The fourth-order valence-corrected chi connectivity index (χ4v) is 6.85. The number of fused-ring (bicyclic) bond motifs is 1. The van der Waals surface area contributed by atoms with E-state index in [0.29, 0.717) is 11.3 Å². The summed E-state index contributed by atoms with van der Waals surface area (Å²) in [5.74, 6) is -1.21. The summed E-state index contributed by atoms with van der Waals surface area (Å²) in [4.78, 5) is 59.5. The van der Waals surface area contributed by atoms with Gasteiger partial charge in [-0.1, -0.05) is 35.0 Å². The summed E-state index contributed by atoms with van der Waals surface area (Å²) in [6.45, 7) is 1.67. The molecule has 0 bridgehead atoms. The highest BCUT2D eigenvalue weighted by atomic mass is 35.5. The first kappa shape index (κ1) is 38.7. The van der Waals surface area contributed by atoms with Crippen molar-refractivity contribution in [1.29, 1.82) is 0 Å². The van der Waals surface area contributed by atoms with Crippen LogP contribution >= 0.6 is 11.6 Å². The molecule has 57 heavy (non-hydrogen) atoms. The molecular weight excluding hydrogens is 767 g/mol. The van der Waals surface area contributed by atoms with Crippen LogP contribution in [0.3, 0.4) is 0 Å². The lowest BCUT2D eigenvalue weighted by Gasteiger charge is -2.29. The van der Waals surface area contributed by atoms with Gasteiger partial charge in [0.15, 0.2) is 11.2 Å². The Morgan fingerprint density at radius 2 is 1.75 bits per heavy atom. The number of hydrogen-bond acceptors (Lipinski definition) is 9. The number of piperidine rings is 1. The molecule has 0 aliphatic carbocycles. The molecule has 2 amide bonds. The van der Waals surface area contributed by atoms with Crippen molar-refractivity contribution >= 4 is 52.2 Å². The van der Waals surface area contributed by atoms with Crippen molar-refractivity contribution in [2.75, 3.05) is 23.3 Å². The molecule has 0 radical (unpaired) electrons. The molecule has 0 saturated carbocycles. The number of rotatable bonds is 10. The summed E-state index contributed by atoms with van der Waals surface area (Å²) < 4.78 is 45.5. The highest BCUT2D eigenvalue weighted by Gasteiger charge is 2.33. The number of hydrazone groups is 1. The zero-order valence-electron chi connectivity index (χ0n) is 30.6. The second-order valence-electron chi connectivity index (χ2n) is 13.5. The van der Waals surface area contributed by atoms with Crippen molar-refractivity contribution in [3.63, 3.8) is 0 Å². The molecule has 6 aromatic rings. The highest BCUT2D eigenvalue weighted by molar-refractivity contribution is 6.31. The third-order valence-corrected chi connectivity index (χ3v) is 9.86. The molecule has 0 unspecified atom stereocenters. The van der Waals surface area contributed by atoms with E-state index >= 15 is 0 Å². The molecule has 3 aromatic carbocycles. The van der Waals surface area contributed by atoms with Crippen molar-refractivity contribution < 1.29 is 22.8 Å². The molecule has 1 aliphatic rings. The summed E-state index contributed by atoms with van der Waals surface area (Å²) >= 11 is 5.73. The lowest BCUT2D eigenvalue weighted by Crippen LogP contribution is -2.39. The first-order valence-corrected chi connectivity index (χ1v) is 18.1. The summed E-state index contributed by atoms with van der Waals surface area (Å²) in [7, 11) is 3.20. The quantitative estimate of drug-likeness (QED) is 0.147. The molecule has 1 aliphatic heterocycles. The number of aromatic nitrogens is 7. The van der Waals surface area contributed by atoms with Crippen LogP contribution in [0.25, 0.3) is 11.2 Å². The molecule has 7 rings (SSSR count). The fraction of sp³-hybridized carbons (Fsp3) is 0.263. The second-order valence-corrected chi connectivity index (χ2v) is 13.9. The van der Waals surface area contributed by atoms with Gasteiger partial charge in [0.1, 0.15) is 5.69 Å². The van der Waals surface area contributed by atoms with E-state index in [0.717, 1.165) is 61.0 Å². The van der Waals surface area contributed by atoms with Gasteiger partial charge in [-0.3, -0.25) is 23.5 Å². The average Bonchev–Trinajstić information content (AvgIpc) is 3.82. The van der Waals surface area contributed by atoms with Gasteiger partial charge in [0.05, 0.1) is 53.7 Å². The van der Waals surface area contributed by atoms with Crippen LogP contribution in [0.4, 0.5) is 24.5 Å². The number of benzene rings is 3. The van der Waals surface area contributed by atoms with Crippen LogP contribution in [0.5, 0.6) is 0 Å². The third kappa shape index (κ3) is 8.35. The van der Waals surface area contributed by atoms with E-state index < -0.39 is 39.8 Å². The highest BCUT2D eigenvalue weighted by Crippen LogP contribution is 2.35. The smallest absolute Gasteiger partial charge is 0.372 e. The number of anilines is 2. The molecule has 15 nitrogen and oxygen atoms in total. The number of carbonyl (C=O) groups is 2. The summed E-state index contributed by atoms with van der Waals surface area (Å²) in [5.41, 5.74) is 3.29. The maximum Gasteiger partial charge on any atom is 0.417 e. The lowest BCUT2D eigenvalue weighted by molar-refractivity contribution is -0.137. The van der Waals surface area contributed by atoms with E-state index in [-0.39, 0.29) is 46.6 Å². The molecule has 1 fully saturated rings. The minimum Gasteiger partial charge on any atom is -0.372 e. The number of nitrogens with one attached hydrogen (secondary N) is 2. The largest absolute Gasteiger partial charge is 0.417 e. The zero-order valence-corrected chi connectivity index (χ0v) is 31.4. The number of amides is 2. The Morgan fingerprint density at radius 3 is 2.53 bits per heavy atom. The van der Waals surface area contributed by atoms with Gasteiger partial charge < -0.3 is 14.8 Å². The standard InChI is InChI=1S/C38H35ClF3N11O4/c1-49-22-43-33-32(49)36(56)53(37(57)50(33)2)21-26-20-52(48-46-26)19-24-7-6-8-25(15-24)34(54)45-31-12-10-27(51-13-4-3-5-14-51)17-28(31)35(55)47-44-18-23-9-11-30(39)29(16-23)38(40,41)42/h6-12,15-18,20,22H,3-5,13-14,19,21H2,1-2H3,(H,45,54)(H,47,55)/b44-18+. The zero-order chi connectivity index (χ0) is 40.4. The lowest BCUT2D eigenvalue weighted by atomic mass is 10.1. The van der Waals surface area contributed by atoms with Crippen molar-refractivity contribution in [3.05, 3.63) is 133 Å². The van der Waals surface area contributed by atoms with Crippen LogP contribution in [0.15, 0.2) is 87.9 Å². The fourth-order valence-electron chi connectivity index (χ4n) is 6.62. The van der Waals surface area contributed by atoms with Gasteiger partial charge >= 0.3 is 11.9 Å². The molecule has 3 aromatic heterocycles. The first-order chi connectivity index (χ1) is 27.3. The van der Waals surface area contributed by atoms with Crippen molar-refractivity contribution in [2.24, 2.45) is 19.2 Å². The monoisotopic (exact) mass is 801 g/mol. The Balaban J connectivity index is 1.07. The summed E-state index contributed by atoms with van der Waals surface area (Å²) in [6.07, 6.45) is 2.53. The average molecular weight is 802 g/mol. The number of halogens is 4. The molecule has 1 saturated heterocycles. The van der Waals surface area contributed by atoms with Gasteiger partial charge in [0, 0.05) is 38.4 Å². The van der Waals surface area contributed by atoms with E-state index in [2.05, 4.69) is 36.0 Å². The van der Waals surface area contributed by atoms with E-state index in [1.54, 1.807) is 54.2 Å². The van der Waals surface area contributed by atoms with E-state index in [9.17, 15) is 32.3 Å². The Bertz CT molecular complexity index is 2660. The van der Waals surface area contributed by atoms with Crippen LogP contribution < -0.4 is 26.9 Å². The molecule has 0 atom stereocenters. The van der Waals surface area contributed by atoms with Gasteiger partial charge in [-0.2, -0.15) is 18.3 Å². The SMILES string of the molecule is Cn1cnc2c1c(=O)n(Cc1cn(Cc3cccc(C(=O)Nc4ccc(N5CCCCC5)cc4C(=O)N/N=C/c4ccc(Cl)c(C(F)(F)F)c4)c3)nn1)c(=O)n2C. The van der Waals surface area contributed by atoms with E-state index in [1.165, 1.54) is 28.7 Å². The predicted molar refractivity (Wildman–Crippen MR) is 207 cm³/mol. The topological polar surface area (TPSA) is 166 Å². The maximum atomic E-state index is 13.6. The van der Waals surface area contributed by atoms with Crippen LogP contribution in [-0.4, -0.2) is 64.8 Å². The van der Waals surface area contributed by atoms with Gasteiger partial charge in [0.2, 0.25) is 0 Å².